The molecule has 2 aromatic heterocycles. The van der Waals surface area contributed by atoms with Gasteiger partial charge in [-0.25, -0.2) is 4.98 Å². The van der Waals surface area contributed by atoms with E-state index < -0.39 is 5.97 Å². The van der Waals surface area contributed by atoms with E-state index in [9.17, 15) is 4.79 Å². The fourth-order valence-corrected chi connectivity index (χ4v) is 2.77. The summed E-state index contributed by atoms with van der Waals surface area (Å²) < 4.78 is 1.92. The van der Waals surface area contributed by atoms with Crippen LogP contribution >= 0.6 is 23.2 Å². The van der Waals surface area contributed by atoms with Gasteiger partial charge in [0.1, 0.15) is 5.65 Å². The van der Waals surface area contributed by atoms with Crippen molar-refractivity contribution in [1.29, 1.82) is 0 Å². The van der Waals surface area contributed by atoms with Gasteiger partial charge in [-0.05, 0) is 35.4 Å². The van der Waals surface area contributed by atoms with Gasteiger partial charge in [-0.1, -0.05) is 29.3 Å². The van der Waals surface area contributed by atoms with Gasteiger partial charge in [-0.3, -0.25) is 4.79 Å². The van der Waals surface area contributed by atoms with Crippen molar-refractivity contribution in [3.05, 3.63) is 63.9 Å². The molecule has 0 aliphatic heterocycles. The van der Waals surface area contributed by atoms with Crippen LogP contribution in [-0.2, 0) is 17.8 Å². The number of carboxylic acids is 1. The second kappa shape index (κ2) is 5.99. The smallest absolute Gasteiger partial charge is 0.307 e. The molecule has 1 aromatic carbocycles. The average molecular weight is 335 g/mol. The SMILES string of the molecule is O=C(O)Cc1cn(Cc2ccc(Cl)c(Cl)c2)c2ncccc12. The van der Waals surface area contributed by atoms with Crippen LogP contribution in [0, 0.1) is 0 Å². The monoisotopic (exact) mass is 334 g/mol. The Morgan fingerprint density at radius 3 is 2.77 bits per heavy atom. The Labute approximate surface area is 136 Å². The van der Waals surface area contributed by atoms with Crippen molar-refractivity contribution in [2.45, 2.75) is 13.0 Å². The standard InChI is InChI=1S/C16H12Cl2N2O2/c17-13-4-3-10(6-14(13)18)8-20-9-11(7-15(21)22)12-2-1-5-19-16(12)20/h1-6,9H,7-8H2,(H,21,22). The minimum absolute atomic E-state index is 0.0312. The lowest BCUT2D eigenvalue weighted by Crippen LogP contribution is -2.00. The van der Waals surface area contributed by atoms with Gasteiger partial charge in [0.15, 0.2) is 0 Å². The van der Waals surface area contributed by atoms with E-state index in [4.69, 9.17) is 28.3 Å². The number of benzene rings is 1. The first-order valence-corrected chi connectivity index (χ1v) is 7.38. The lowest BCUT2D eigenvalue weighted by molar-refractivity contribution is -0.136. The fourth-order valence-electron chi connectivity index (χ4n) is 2.45. The van der Waals surface area contributed by atoms with Gasteiger partial charge in [0.05, 0.1) is 16.5 Å². The number of carbonyl (C=O) groups is 1. The Balaban J connectivity index is 2.03. The fraction of sp³-hybridized carbons (Fsp3) is 0.125. The molecule has 0 bridgehead atoms. The molecule has 0 fully saturated rings. The highest BCUT2D eigenvalue weighted by atomic mass is 35.5. The molecule has 6 heteroatoms. The molecular weight excluding hydrogens is 323 g/mol. The molecule has 1 N–H and O–H groups in total. The van der Waals surface area contributed by atoms with Gasteiger partial charge in [0.2, 0.25) is 0 Å². The molecule has 0 amide bonds. The zero-order valence-corrected chi connectivity index (χ0v) is 13.0. The maximum atomic E-state index is 11.0. The number of hydrogen-bond acceptors (Lipinski definition) is 2. The summed E-state index contributed by atoms with van der Waals surface area (Å²) >= 11 is 12.0. The summed E-state index contributed by atoms with van der Waals surface area (Å²) in [6, 6.07) is 9.12. The zero-order chi connectivity index (χ0) is 15.7. The molecule has 2 heterocycles. The molecule has 112 valence electrons. The van der Waals surface area contributed by atoms with Crippen LogP contribution < -0.4 is 0 Å². The van der Waals surface area contributed by atoms with E-state index in [1.165, 1.54) is 0 Å². The van der Waals surface area contributed by atoms with Gasteiger partial charge in [-0.2, -0.15) is 0 Å². The Morgan fingerprint density at radius 1 is 1.23 bits per heavy atom. The van der Waals surface area contributed by atoms with Crippen molar-refractivity contribution >= 4 is 40.2 Å². The van der Waals surface area contributed by atoms with Crippen molar-refractivity contribution in [3.8, 4) is 0 Å². The first kappa shape index (κ1) is 14.9. The van der Waals surface area contributed by atoms with E-state index >= 15 is 0 Å². The Morgan fingerprint density at radius 2 is 2.05 bits per heavy atom. The number of rotatable bonds is 4. The summed E-state index contributed by atoms with van der Waals surface area (Å²) in [4.78, 5) is 15.4. The van der Waals surface area contributed by atoms with E-state index in [1.54, 1.807) is 24.4 Å². The normalized spacial score (nSPS) is 11.0. The van der Waals surface area contributed by atoms with Crippen LogP contribution in [0.5, 0.6) is 0 Å². The van der Waals surface area contributed by atoms with Gasteiger partial charge in [0.25, 0.3) is 0 Å². The number of pyridine rings is 1. The van der Waals surface area contributed by atoms with Gasteiger partial charge >= 0.3 is 5.97 Å². The molecule has 0 atom stereocenters. The molecule has 3 aromatic rings. The van der Waals surface area contributed by atoms with Crippen molar-refractivity contribution in [3.63, 3.8) is 0 Å². The van der Waals surface area contributed by atoms with Crippen LogP contribution in [0.2, 0.25) is 10.0 Å². The molecule has 0 saturated heterocycles. The largest absolute Gasteiger partial charge is 0.481 e. The van der Waals surface area contributed by atoms with Crippen LogP contribution in [0.4, 0.5) is 0 Å². The first-order valence-electron chi connectivity index (χ1n) is 6.63. The van der Waals surface area contributed by atoms with Crippen LogP contribution in [-0.4, -0.2) is 20.6 Å². The maximum absolute atomic E-state index is 11.0. The van der Waals surface area contributed by atoms with Crippen molar-refractivity contribution in [1.82, 2.24) is 9.55 Å². The van der Waals surface area contributed by atoms with Crippen LogP contribution in [0.3, 0.4) is 0 Å². The third-order valence-corrected chi connectivity index (χ3v) is 4.13. The second-order valence-corrected chi connectivity index (χ2v) is 5.79. The van der Waals surface area contributed by atoms with Gasteiger partial charge in [-0.15, -0.1) is 0 Å². The summed E-state index contributed by atoms with van der Waals surface area (Å²) in [5.74, 6) is -0.863. The molecule has 0 saturated carbocycles. The first-order chi connectivity index (χ1) is 10.5. The van der Waals surface area contributed by atoms with Crippen molar-refractivity contribution in [2.24, 2.45) is 0 Å². The third-order valence-electron chi connectivity index (χ3n) is 3.39. The summed E-state index contributed by atoms with van der Waals surface area (Å²) in [7, 11) is 0. The Hall–Kier alpha value is -2.04. The minimum atomic E-state index is -0.863. The lowest BCUT2D eigenvalue weighted by Gasteiger charge is -2.06. The number of aliphatic carboxylic acids is 1. The molecule has 0 aliphatic rings. The maximum Gasteiger partial charge on any atom is 0.307 e. The highest BCUT2D eigenvalue weighted by Crippen LogP contribution is 2.25. The molecule has 3 rings (SSSR count). The quantitative estimate of drug-likeness (QED) is 0.783. The molecule has 4 nitrogen and oxygen atoms in total. The van der Waals surface area contributed by atoms with Gasteiger partial charge < -0.3 is 9.67 Å². The lowest BCUT2D eigenvalue weighted by atomic mass is 10.2. The summed E-state index contributed by atoms with van der Waals surface area (Å²) in [6.07, 6.45) is 3.49. The molecule has 0 unspecified atom stereocenters. The van der Waals surface area contributed by atoms with E-state index in [2.05, 4.69) is 4.98 Å². The third kappa shape index (κ3) is 2.93. The number of aromatic nitrogens is 2. The van der Waals surface area contributed by atoms with Crippen molar-refractivity contribution in [2.75, 3.05) is 0 Å². The predicted octanol–water partition coefficient (Wildman–Crippen LogP) is 4.02. The molecule has 22 heavy (non-hydrogen) atoms. The highest BCUT2D eigenvalue weighted by molar-refractivity contribution is 6.42. The number of nitrogens with zero attached hydrogens (tertiary/aromatic N) is 2. The number of carboxylic acid groups (broad SMARTS) is 1. The van der Waals surface area contributed by atoms with Crippen LogP contribution in [0.25, 0.3) is 11.0 Å². The van der Waals surface area contributed by atoms with Gasteiger partial charge in [0, 0.05) is 24.3 Å². The number of halogens is 2. The van der Waals surface area contributed by atoms with E-state index in [0.29, 0.717) is 16.6 Å². The minimum Gasteiger partial charge on any atom is -0.481 e. The van der Waals surface area contributed by atoms with Crippen molar-refractivity contribution < 1.29 is 9.90 Å². The zero-order valence-electron chi connectivity index (χ0n) is 11.5. The van der Waals surface area contributed by atoms with E-state index in [0.717, 1.165) is 22.2 Å². The van der Waals surface area contributed by atoms with Crippen LogP contribution in [0.1, 0.15) is 11.1 Å². The number of hydrogen-bond donors (Lipinski definition) is 1. The molecule has 0 radical (unpaired) electrons. The predicted molar refractivity (Wildman–Crippen MR) is 86.6 cm³/mol. The summed E-state index contributed by atoms with van der Waals surface area (Å²) in [5, 5.41) is 10.9. The molecular formula is C16H12Cl2N2O2. The average Bonchev–Trinajstić information content (AvgIpc) is 2.81. The van der Waals surface area contributed by atoms with E-state index in [1.807, 2.05) is 22.9 Å². The Kier molecular flexibility index (Phi) is 4.05. The summed E-state index contributed by atoms with van der Waals surface area (Å²) in [6.45, 7) is 0.546. The van der Waals surface area contributed by atoms with Crippen LogP contribution in [0.15, 0.2) is 42.7 Å². The molecule has 0 aliphatic carbocycles. The molecule has 0 spiro atoms. The second-order valence-electron chi connectivity index (χ2n) is 4.98. The van der Waals surface area contributed by atoms with E-state index in [-0.39, 0.29) is 6.42 Å². The summed E-state index contributed by atoms with van der Waals surface area (Å²) in [5.41, 5.74) is 2.47. The topological polar surface area (TPSA) is 55.1 Å². The Bertz CT molecular complexity index is 858. The highest BCUT2D eigenvalue weighted by Gasteiger charge is 2.12. The number of fused-ring (bicyclic) bond motifs is 1.